The van der Waals surface area contributed by atoms with Crippen LogP contribution in [-0.4, -0.2) is 37.0 Å². The second kappa shape index (κ2) is 7.13. The Kier molecular flexibility index (Phi) is 5.53. The summed E-state index contributed by atoms with van der Waals surface area (Å²) in [6.07, 6.45) is 1.42. The summed E-state index contributed by atoms with van der Waals surface area (Å²) in [5.74, 6) is -1.63. The molecule has 1 fully saturated rings. The van der Waals surface area contributed by atoms with Gasteiger partial charge >= 0.3 is 5.97 Å². The first kappa shape index (κ1) is 19.4. The SMILES string of the molecule is CC(C)C(C)(CC(=O)O)NC(=O)c1cccc(S(=O)(=O)NC2CC2)c1. The van der Waals surface area contributed by atoms with Crippen LogP contribution in [0.2, 0.25) is 0 Å². The minimum Gasteiger partial charge on any atom is -0.481 e. The average Bonchev–Trinajstić information content (AvgIpc) is 3.29. The summed E-state index contributed by atoms with van der Waals surface area (Å²) in [7, 11) is -3.66. The molecule has 1 aliphatic carbocycles. The van der Waals surface area contributed by atoms with Crippen molar-refractivity contribution in [2.45, 2.75) is 56.5 Å². The number of carbonyl (C=O) groups is 2. The number of carboxylic acid groups (broad SMARTS) is 1. The third kappa shape index (κ3) is 5.02. The lowest BCUT2D eigenvalue weighted by atomic mass is 9.85. The first-order valence-corrected chi connectivity index (χ1v) is 9.68. The molecule has 0 aromatic heterocycles. The zero-order valence-electron chi connectivity index (χ0n) is 14.6. The molecule has 8 heteroatoms. The van der Waals surface area contributed by atoms with Gasteiger partial charge < -0.3 is 10.4 Å². The molecule has 1 aliphatic rings. The molecule has 0 aliphatic heterocycles. The van der Waals surface area contributed by atoms with Gasteiger partial charge in [0.1, 0.15) is 0 Å². The minimum absolute atomic E-state index is 0.0246. The van der Waals surface area contributed by atoms with E-state index in [-0.39, 0.29) is 28.8 Å². The van der Waals surface area contributed by atoms with Crippen LogP contribution < -0.4 is 10.0 Å². The molecule has 3 N–H and O–H groups in total. The van der Waals surface area contributed by atoms with E-state index in [4.69, 9.17) is 5.11 Å². The smallest absolute Gasteiger partial charge is 0.305 e. The minimum atomic E-state index is -3.66. The second-order valence-electron chi connectivity index (χ2n) is 7.02. The van der Waals surface area contributed by atoms with Crippen molar-refractivity contribution in [3.63, 3.8) is 0 Å². The molecule has 1 aromatic rings. The number of aliphatic carboxylic acids is 1. The predicted octanol–water partition coefficient (Wildman–Crippen LogP) is 1.75. The van der Waals surface area contributed by atoms with Crippen molar-refractivity contribution in [2.24, 2.45) is 5.92 Å². The van der Waals surface area contributed by atoms with Gasteiger partial charge in [0.15, 0.2) is 0 Å². The lowest BCUT2D eigenvalue weighted by Crippen LogP contribution is -2.51. The van der Waals surface area contributed by atoms with Gasteiger partial charge in [0, 0.05) is 11.6 Å². The van der Waals surface area contributed by atoms with Crippen LogP contribution in [0.5, 0.6) is 0 Å². The highest BCUT2D eigenvalue weighted by atomic mass is 32.2. The van der Waals surface area contributed by atoms with Crippen LogP contribution in [0.1, 0.15) is 50.4 Å². The van der Waals surface area contributed by atoms with Crippen LogP contribution in [0.25, 0.3) is 0 Å². The lowest BCUT2D eigenvalue weighted by Gasteiger charge is -2.33. The molecule has 0 spiro atoms. The first-order valence-electron chi connectivity index (χ1n) is 8.20. The number of hydrogen-bond acceptors (Lipinski definition) is 4. The van der Waals surface area contributed by atoms with Gasteiger partial charge in [0.2, 0.25) is 10.0 Å². The van der Waals surface area contributed by atoms with Gasteiger partial charge in [0.25, 0.3) is 5.91 Å². The highest BCUT2D eigenvalue weighted by molar-refractivity contribution is 7.89. The Morgan fingerprint density at radius 1 is 1.32 bits per heavy atom. The van der Waals surface area contributed by atoms with Gasteiger partial charge in [-0.15, -0.1) is 0 Å². The monoisotopic (exact) mass is 368 g/mol. The highest BCUT2D eigenvalue weighted by Gasteiger charge is 2.33. The van der Waals surface area contributed by atoms with Crippen LogP contribution in [-0.2, 0) is 14.8 Å². The number of hydrogen-bond donors (Lipinski definition) is 3. The lowest BCUT2D eigenvalue weighted by molar-refractivity contribution is -0.138. The predicted molar refractivity (Wildman–Crippen MR) is 92.7 cm³/mol. The normalized spacial score (nSPS) is 17.1. The van der Waals surface area contributed by atoms with Crippen LogP contribution in [0.15, 0.2) is 29.2 Å². The molecule has 0 radical (unpaired) electrons. The Balaban J connectivity index is 2.21. The van der Waals surface area contributed by atoms with Crippen molar-refractivity contribution >= 4 is 21.9 Å². The summed E-state index contributed by atoms with van der Waals surface area (Å²) >= 11 is 0. The number of amides is 1. The van der Waals surface area contributed by atoms with E-state index in [9.17, 15) is 18.0 Å². The van der Waals surface area contributed by atoms with Gasteiger partial charge in [-0.05, 0) is 43.9 Å². The average molecular weight is 368 g/mol. The Hall–Kier alpha value is -1.93. The van der Waals surface area contributed by atoms with E-state index in [2.05, 4.69) is 10.0 Å². The quantitative estimate of drug-likeness (QED) is 0.647. The number of nitrogens with one attached hydrogen (secondary N) is 2. The Bertz CT molecular complexity index is 771. The van der Waals surface area contributed by atoms with Crippen molar-refractivity contribution < 1.29 is 23.1 Å². The van der Waals surface area contributed by atoms with Gasteiger partial charge in [-0.25, -0.2) is 13.1 Å². The van der Waals surface area contributed by atoms with E-state index in [1.165, 1.54) is 24.3 Å². The van der Waals surface area contributed by atoms with Gasteiger partial charge in [0.05, 0.1) is 16.9 Å². The first-order chi connectivity index (χ1) is 11.5. The summed E-state index contributed by atoms with van der Waals surface area (Å²) in [5, 5.41) is 11.8. The molecule has 1 aromatic carbocycles. The van der Waals surface area contributed by atoms with Crippen LogP contribution in [0, 0.1) is 5.92 Å². The molecular formula is C17H24N2O5S. The molecule has 7 nitrogen and oxygen atoms in total. The maximum atomic E-state index is 12.5. The van der Waals surface area contributed by atoms with E-state index >= 15 is 0 Å². The van der Waals surface area contributed by atoms with Crippen molar-refractivity contribution in [1.29, 1.82) is 0 Å². The molecule has 25 heavy (non-hydrogen) atoms. The Morgan fingerprint density at radius 2 is 1.96 bits per heavy atom. The van der Waals surface area contributed by atoms with Crippen molar-refractivity contribution in [3.8, 4) is 0 Å². The summed E-state index contributed by atoms with van der Waals surface area (Å²) in [5.41, 5.74) is -0.764. The fraction of sp³-hybridized carbons (Fsp3) is 0.529. The molecule has 0 heterocycles. The molecule has 1 atom stereocenters. The van der Waals surface area contributed by atoms with E-state index in [0.29, 0.717) is 0 Å². The van der Waals surface area contributed by atoms with Gasteiger partial charge in [-0.1, -0.05) is 19.9 Å². The maximum Gasteiger partial charge on any atom is 0.305 e. The fourth-order valence-electron chi connectivity index (χ4n) is 2.33. The van der Waals surface area contributed by atoms with Crippen LogP contribution in [0.3, 0.4) is 0 Å². The van der Waals surface area contributed by atoms with E-state index in [0.717, 1.165) is 12.8 Å². The van der Waals surface area contributed by atoms with Crippen molar-refractivity contribution in [3.05, 3.63) is 29.8 Å². The topological polar surface area (TPSA) is 113 Å². The molecule has 1 unspecified atom stereocenters. The summed E-state index contributed by atoms with van der Waals surface area (Å²) in [4.78, 5) is 23.7. The second-order valence-corrected chi connectivity index (χ2v) is 8.73. The zero-order valence-corrected chi connectivity index (χ0v) is 15.4. The number of carbonyl (C=O) groups excluding carboxylic acids is 1. The zero-order chi connectivity index (χ0) is 18.8. The van der Waals surface area contributed by atoms with E-state index in [1.54, 1.807) is 6.92 Å². The summed E-state index contributed by atoms with van der Waals surface area (Å²) < 4.78 is 27.1. The largest absolute Gasteiger partial charge is 0.481 e. The van der Waals surface area contributed by atoms with Crippen LogP contribution in [0.4, 0.5) is 0 Å². The summed E-state index contributed by atoms with van der Waals surface area (Å²) in [6, 6.07) is 5.72. The molecule has 2 rings (SSSR count). The molecular weight excluding hydrogens is 344 g/mol. The van der Waals surface area contributed by atoms with E-state index in [1.807, 2.05) is 13.8 Å². The van der Waals surface area contributed by atoms with Crippen molar-refractivity contribution in [2.75, 3.05) is 0 Å². The van der Waals surface area contributed by atoms with Crippen molar-refractivity contribution in [1.82, 2.24) is 10.0 Å². The number of sulfonamides is 1. The van der Waals surface area contributed by atoms with Gasteiger partial charge in [-0.2, -0.15) is 0 Å². The standard InChI is InChI=1S/C17H24N2O5S/c1-11(2)17(3,10-15(20)21)18-16(22)12-5-4-6-14(9-12)25(23,24)19-13-7-8-13/h4-6,9,11,13,19H,7-8,10H2,1-3H3,(H,18,22)(H,20,21). The molecule has 0 saturated heterocycles. The molecule has 138 valence electrons. The fourth-order valence-corrected chi connectivity index (χ4v) is 3.68. The summed E-state index contributed by atoms with van der Waals surface area (Å²) in [6.45, 7) is 5.31. The van der Waals surface area contributed by atoms with Crippen LogP contribution >= 0.6 is 0 Å². The Morgan fingerprint density at radius 3 is 2.48 bits per heavy atom. The van der Waals surface area contributed by atoms with E-state index < -0.39 is 27.4 Å². The van der Waals surface area contributed by atoms with Gasteiger partial charge in [-0.3, -0.25) is 9.59 Å². The molecule has 1 saturated carbocycles. The number of benzene rings is 1. The third-order valence-electron chi connectivity index (χ3n) is 4.50. The molecule has 1 amide bonds. The maximum absolute atomic E-state index is 12.5. The third-order valence-corrected chi connectivity index (χ3v) is 6.02. The molecule has 0 bridgehead atoms. The number of rotatable bonds is 8. The Labute approximate surface area is 147 Å². The highest BCUT2D eigenvalue weighted by Crippen LogP contribution is 2.24. The number of carboxylic acids is 1.